The Morgan fingerprint density at radius 3 is 2.44 bits per heavy atom. The first-order valence-corrected chi connectivity index (χ1v) is 13.3. The Balaban J connectivity index is 1.37. The van der Waals surface area contributed by atoms with Crippen molar-refractivity contribution in [1.29, 1.82) is 5.26 Å². The molecule has 1 N–H and O–H groups in total. The maximum Gasteiger partial charge on any atom is 0.274 e. The Morgan fingerprint density at radius 1 is 1.00 bits per heavy atom. The summed E-state index contributed by atoms with van der Waals surface area (Å²) in [6.45, 7) is 0. The first-order valence-electron chi connectivity index (χ1n) is 12.5. The molecule has 7 heteroatoms. The predicted octanol–water partition coefficient (Wildman–Crippen LogP) is 6.73. The van der Waals surface area contributed by atoms with Crippen LogP contribution in [-0.4, -0.2) is 14.6 Å². The summed E-state index contributed by atoms with van der Waals surface area (Å²) in [7, 11) is 0. The van der Waals surface area contributed by atoms with E-state index in [2.05, 4.69) is 23.2 Å². The molecule has 0 saturated heterocycles. The van der Waals surface area contributed by atoms with E-state index < -0.39 is 0 Å². The van der Waals surface area contributed by atoms with Crippen molar-refractivity contribution in [2.24, 2.45) is 17.8 Å². The smallest absolute Gasteiger partial charge is 0.274 e. The highest BCUT2D eigenvalue weighted by Crippen LogP contribution is 2.67. The van der Waals surface area contributed by atoms with Crippen LogP contribution in [0.5, 0.6) is 0 Å². The minimum absolute atomic E-state index is 0.0899. The molecule has 4 bridgehead atoms. The maximum absolute atomic E-state index is 13.1. The molecular formula is C29H24Cl2N4O. The van der Waals surface area contributed by atoms with E-state index in [1.165, 1.54) is 29.3 Å². The fourth-order valence-electron chi connectivity index (χ4n) is 7.89. The molecule has 2 heterocycles. The zero-order valence-corrected chi connectivity index (χ0v) is 21.1. The van der Waals surface area contributed by atoms with Gasteiger partial charge in [0.05, 0.1) is 23.0 Å². The fourth-order valence-corrected chi connectivity index (χ4v) is 8.49. The average Bonchev–Trinajstić information content (AvgIpc) is 3.27. The molecular weight excluding hydrogens is 491 g/mol. The van der Waals surface area contributed by atoms with Crippen molar-refractivity contribution in [3.63, 3.8) is 0 Å². The minimum Gasteiger partial charge on any atom is -0.339 e. The summed E-state index contributed by atoms with van der Waals surface area (Å²) in [5.74, 6) is 2.16. The van der Waals surface area contributed by atoms with E-state index in [9.17, 15) is 4.79 Å². The topological polar surface area (TPSA) is 73.9 Å². The van der Waals surface area contributed by atoms with Gasteiger partial charge in [0, 0.05) is 33.5 Å². The molecule has 180 valence electrons. The molecule has 4 aliphatic rings. The Bertz CT molecular complexity index is 1600. The number of benzene rings is 2. The third-order valence-corrected chi connectivity index (χ3v) is 9.44. The highest BCUT2D eigenvalue weighted by atomic mass is 35.5. The number of aromatic nitrogens is 3. The van der Waals surface area contributed by atoms with Gasteiger partial charge in [0.15, 0.2) is 0 Å². The summed E-state index contributed by atoms with van der Waals surface area (Å²) >= 11 is 13.1. The van der Waals surface area contributed by atoms with Gasteiger partial charge >= 0.3 is 0 Å². The highest BCUT2D eigenvalue weighted by molar-refractivity contribution is 6.35. The van der Waals surface area contributed by atoms with Gasteiger partial charge in [-0.05, 0) is 85.3 Å². The molecule has 5 nitrogen and oxygen atoms in total. The van der Waals surface area contributed by atoms with E-state index in [1.54, 1.807) is 18.2 Å². The first kappa shape index (κ1) is 22.2. The van der Waals surface area contributed by atoms with Crippen molar-refractivity contribution in [2.45, 2.75) is 43.4 Å². The van der Waals surface area contributed by atoms with Crippen molar-refractivity contribution in [3.8, 4) is 17.3 Å². The largest absolute Gasteiger partial charge is 0.339 e. The van der Waals surface area contributed by atoms with E-state index in [0.29, 0.717) is 39.7 Å². The number of aromatic amines is 1. The zero-order chi connectivity index (χ0) is 24.6. The molecule has 0 radical (unpaired) electrons. The normalized spacial score (nSPS) is 28.5. The van der Waals surface area contributed by atoms with Gasteiger partial charge in [0.25, 0.3) is 5.56 Å². The molecule has 4 fully saturated rings. The summed E-state index contributed by atoms with van der Waals surface area (Å²) in [5.41, 5.74) is 4.73. The Kier molecular flexibility index (Phi) is 4.90. The van der Waals surface area contributed by atoms with Crippen molar-refractivity contribution >= 4 is 28.8 Å². The van der Waals surface area contributed by atoms with Crippen LogP contribution in [0, 0.1) is 29.1 Å². The lowest BCUT2D eigenvalue weighted by atomic mass is 9.43. The Labute approximate surface area is 218 Å². The summed E-state index contributed by atoms with van der Waals surface area (Å²) in [6.07, 6.45) is 5.95. The van der Waals surface area contributed by atoms with Gasteiger partial charge in [0.2, 0.25) is 0 Å². The Morgan fingerprint density at radius 2 is 1.75 bits per heavy atom. The second-order valence-corrected chi connectivity index (χ2v) is 11.8. The van der Waals surface area contributed by atoms with Crippen LogP contribution in [0.1, 0.15) is 54.8 Å². The second-order valence-electron chi connectivity index (χ2n) is 10.9. The molecule has 0 aliphatic heterocycles. The van der Waals surface area contributed by atoms with Crippen molar-refractivity contribution in [1.82, 2.24) is 14.6 Å². The van der Waals surface area contributed by atoms with Crippen LogP contribution in [0.25, 0.3) is 16.9 Å². The van der Waals surface area contributed by atoms with Crippen LogP contribution in [0.2, 0.25) is 10.0 Å². The standard InChI is InChI=1S/C29H24Cl2N4O/c30-21-5-6-22(23(31)10-21)29-13-17-7-18(14-29)9-20(8-17)28(29)25-11-26-33-24(12-27(36)35(26)34-25)19-3-1-16(15-32)2-4-19/h1-6,10-12,17-18,20,28,33H,7-9,13-14H2. The molecule has 2 aromatic carbocycles. The third-order valence-electron chi connectivity index (χ3n) is 8.89. The van der Waals surface area contributed by atoms with Crippen molar-refractivity contribution in [2.75, 3.05) is 0 Å². The molecule has 36 heavy (non-hydrogen) atoms. The first-order chi connectivity index (χ1) is 17.4. The molecule has 4 aliphatic carbocycles. The molecule has 3 unspecified atom stereocenters. The predicted molar refractivity (Wildman–Crippen MR) is 140 cm³/mol. The lowest BCUT2D eigenvalue weighted by Gasteiger charge is -2.61. The molecule has 4 saturated carbocycles. The number of H-pyrrole nitrogens is 1. The van der Waals surface area contributed by atoms with E-state index in [0.717, 1.165) is 29.1 Å². The number of nitriles is 1. The number of hydrogen-bond acceptors (Lipinski definition) is 3. The third kappa shape index (κ3) is 3.28. The molecule has 8 rings (SSSR count). The lowest BCUT2D eigenvalue weighted by molar-refractivity contribution is -0.0294. The van der Waals surface area contributed by atoms with Gasteiger partial charge in [-0.15, -0.1) is 0 Å². The number of rotatable bonds is 3. The van der Waals surface area contributed by atoms with E-state index in [-0.39, 0.29) is 16.9 Å². The monoisotopic (exact) mass is 514 g/mol. The van der Waals surface area contributed by atoms with Gasteiger partial charge in [0.1, 0.15) is 5.65 Å². The summed E-state index contributed by atoms with van der Waals surface area (Å²) < 4.78 is 1.49. The van der Waals surface area contributed by atoms with Crippen LogP contribution in [0.3, 0.4) is 0 Å². The number of nitrogens with one attached hydrogen (secondary N) is 1. The van der Waals surface area contributed by atoms with E-state index in [1.807, 2.05) is 24.3 Å². The van der Waals surface area contributed by atoms with Crippen molar-refractivity contribution < 1.29 is 0 Å². The molecule has 0 amide bonds. The van der Waals surface area contributed by atoms with Crippen LogP contribution in [0.15, 0.2) is 59.4 Å². The van der Waals surface area contributed by atoms with Crippen LogP contribution in [0.4, 0.5) is 0 Å². The molecule has 3 atom stereocenters. The number of halogens is 2. The van der Waals surface area contributed by atoms with E-state index >= 15 is 0 Å². The van der Waals surface area contributed by atoms with E-state index in [4.69, 9.17) is 33.6 Å². The SMILES string of the molecule is N#Cc1ccc(-c2cc(=O)n3nc(C4C5CC6CC(C5)CC4(c4ccc(Cl)cc4Cl)C6)cc3[nH]2)cc1. The van der Waals surface area contributed by atoms with Gasteiger partial charge in [-0.25, -0.2) is 0 Å². The van der Waals surface area contributed by atoms with Crippen molar-refractivity contribution in [3.05, 3.63) is 91.8 Å². The Hall–Kier alpha value is -3.07. The summed E-state index contributed by atoms with van der Waals surface area (Å²) in [6, 6.07) is 18.9. The molecule has 4 aromatic rings. The lowest BCUT2D eigenvalue weighted by Crippen LogP contribution is -2.54. The molecule has 2 aromatic heterocycles. The minimum atomic E-state index is -0.170. The summed E-state index contributed by atoms with van der Waals surface area (Å²) in [5, 5.41) is 15.4. The second kappa shape index (κ2) is 7.96. The van der Waals surface area contributed by atoms with Gasteiger partial charge in [-0.1, -0.05) is 41.4 Å². The number of nitrogens with zero attached hydrogens (tertiary/aromatic N) is 3. The average molecular weight is 515 g/mol. The molecule has 0 spiro atoms. The quantitative estimate of drug-likeness (QED) is 0.329. The number of hydrogen-bond donors (Lipinski definition) is 1. The van der Waals surface area contributed by atoms with Crippen LogP contribution < -0.4 is 5.56 Å². The highest BCUT2D eigenvalue weighted by Gasteiger charge is 2.59. The summed E-state index contributed by atoms with van der Waals surface area (Å²) in [4.78, 5) is 16.5. The van der Waals surface area contributed by atoms with Crippen LogP contribution in [-0.2, 0) is 5.41 Å². The zero-order valence-electron chi connectivity index (χ0n) is 19.5. The van der Waals surface area contributed by atoms with Gasteiger partial charge in [-0.3, -0.25) is 4.79 Å². The van der Waals surface area contributed by atoms with Gasteiger partial charge < -0.3 is 4.98 Å². The van der Waals surface area contributed by atoms with Crippen LogP contribution >= 0.6 is 23.2 Å². The maximum atomic E-state index is 13.1. The fraction of sp³-hybridized carbons (Fsp3) is 0.345. The van der Waals surface area contributed by atoms with Gasteiger partial charge in [-0.2, -0.15) is 14.9 Å². The number of fused-ring (bicyclic) bond motifs is 1.